The van der Waals surface area contributed by atoms with Crippen LogP contribution in [0.5, 0.6) is 0 Å². The van der Waals surface area contributed by atoms with E-state index >= 15 is 0 Å². The van der Waals surface area contributed by atoms with Gasteiger partial charge in [-0.3, -0.25) is 11.2 Å². The Labute approximate surface area is 131 Å². The Morgan fingerprint density at radius 3 is 2.19 bits per heavy atom. The van der Waals surface area contributed by atoms with Gasteiger partial charge in [0.15, 0.2) is 0 Å². The number of hydrogen-bond donors (Lipinski definition) is 4. The molecule has 1 atom stereocenters. The Bertz CT molecular complexity index is 694. The predicted octanol–water partition coefficient (Wildman–Crippen LogP) is 2.15. The van der Waals surface area contributed by atoms with Crippen LogP contribution in [-0.4, -0.2) is 5.96 Å². The predicted molar refractivity (Wildman–Crippen MR) is 85.7 cm³/mol. The maximum absolute atomic E-state index is 6.38. The zero-order chi connectivity index (χ0) is 15.0. The van der Waals surface area contributed by atoms with Crippen molar-refractivity contribution in [2.24, 2.45) is 16.5 Å². The number of nitrogens with two attached hydrogens (primary N) is 2. The molecule has 1 aliphatic rings. The SMILES string of the molecule is NC1=NC(N)(c2cc(Cl)c(-c3ccccc3)c(Cl)c2)NN1. The number of benzene rings is 2. The smallest absolute Gasteiger partial charge is 0.209 e. The molecule has 0 amide bonds. The van der Waals surface area contributed by atoms with Gasteiger partial charge in [0.25, 0.3) is 0 Å². The highest BCUT2D eigenvalue weighted by Gasteiger charge is 2.32. The molecule has 5 nitrogen and oxygen atoms in total. The van der Waals surface area contributed by atoms with Crippen LogP contribution < -0.4 is 22.3 Å². The largest absolute Gasteiger partial charge is 0.369 e. The summed E-state index contributed by atoms with van der Waals surface area (Å²) in [5, 5.41) is 0.993. The molecule has 6 N–H and O–H groups in total. The maximum atomic E-state index is 6.38. The maximum Gasteiger partial charge on any atom is 0.209 e. The summed E-state index contributed by atoms with van der Waals surface area (Å²) in [4.78, 5) is 4.11. The van der Waals surface area contributed by atoms with Crippen molar-refractivity contribution in [1.82, 2.24) is 10.9 Å². The van der Waals surface area contributed by atoms with Crippen LogP contribution in [0, 0.1) is 0 Å². The summed E-state index contributed by atoms with van der Waals surface area (Å²) in [5.74, 6) is -0.982. The van der Waals surface area contributed by atoms with Crippen molar-refractivity contribution in [3.05, 3.63) is 58.1 Å². The number of rotatable bonds is 2. The van der Waals surface area contributed by atoms with Gasteiger partial charge in [0.2, 0.25) is 11.7 Å². The van der Waals surface area contributed by atoms with E-state index in [0.717, 1.165) is 11.1 Å². The summed E-state index contributed by atoms with van der Waals surface area (Å²) in [6.07, 6.45) is 0. The third kappa shape index (κ3) is 2.56. The molecule has 1 aliphatic heterocycles. The second-order valence-corrected chi connectivity index (χ2v) is 5.51. The van der Waals surface area contributed by atoms with Gasteiger partial charge in [-0.05, 0) is 17.7 Å². The lowest BCUT2D eigenvalue weighted by Gasteiger charge is -2.22. The minimum atomic E-state index is -1.19. The first kappa shape index (κ1) is 14.2. The standard InChI is InChI=1S/C14H13Cl2N5/c15-10-6-9(14(18)19-13(17)20-21-14)7-11(16)12(10)8-4-2-1-3-5-8/h1-7,21H,18H2,(H3,17,19,20). The molecule has 1 unspecified atom stereocenters. The molecule has 2 aromatic carbocycles. The summed E-state index contributed by atoms with van der Waals surface area (Å²) in [6.45, 7) is 0. The first-order valence-corrected chi connectivity index (χ1v) is 6.97. The normalized spacial score (nSPS) is 21.0. The van der Waals surface area contributed by atoms with Crippen LogP contribution in [0.25, 0.3) is 11.1 Å². The van der Waals surface area contributed by atoms with E-state index in [1.54, 1.807) is 12.1 Å². The highest BCUT2D eigenvalue weighted by molar-refractivity contribution is 6.39. The van der Waals surface area contributed by atoms with Gasteiger partial charge in [-0.2, -0.15) is 5.43 Å². The summed E-state index contributed by atoms with van der Waals surface area (Å²) in [6, 6.07) is 13.1. The number of aliphatic imine (C=N–C) groups is 1. The van der Waals surface area contributed by atoms with Crippen LogP contribution in [-0.2, 0) is 5.79 Å². The van der Waals surface area contributed by atoms with Crippen molar-refractivity contribution >= 4 is 29.2 Å². The van der Waals surface area contributed by atoms with E-state index in [2.05, 4.69) is 15.8 Å². The van der Waals surface area contributed by atoms with Crippen LogP contribution in [0.3, 0.4) is 0 Å². The van der Waals surface area contributed by atoms with Crippen molar-refractivity contribution in [1.29, 1.82) is 0 Å². The monoisotopic (exact) mass is 321 g/mol. The number of nitrogens with zero attached hydrogens (tertiary/aromatic N) is 1. The van der Waals surface area contributed by atoms with Crippen molar-refractivity contribution in [2.75, 3.05) is 0 Å². The van der Waals surface area contributed by atoms with E-state index in [9.17, 15) is 0 Å². The molecule has 0 spiro atoms. The lowest BCUT2D eigenvalue weighted by Crippen LogP contribution is -2.50. The van der Waals surface area contributed by atoms with E-state index in [4.69, 9.17) is 34.7 Å². The van der Waals surface area contributed by atoms with E-state index < -0.39 is 5.79 Å². The van der Waals surface area contributed by atoms with Gasteiger partial charge in [0.1, 0.15) is 0 Å². The minimum Gasteiger partial charge on any atom is -0.369 e. The molecule has 1 heterocycles. The van der Waals surface area contributed by atoms with Crippen LogP contribution in [0.2, 0.25) is 10.0 Å². The number of hydrogen-bond acceptors (Lipinski definition) is 5. The van der Waals surface area contributed by atoms with Gasteiger partial charge < -0.3 is 5.73 Å². The van der Waals surface area contributed by atoms with Crippen LogP contribution >= 0.6 is 23.2 Å². The van der Waals surface area contributed by atoms with Crippen molar-refractivity contribution < 1.29 is 0 Å². The van der Waals surface area contributed by atoms with E-state index in [0.29, 0.717) is 15.6 Å². The van der Waals surface area contributed by atoms with Gasteiger partial charge in [-0.1, -0.05) is 53.5 Å². The third-order valence-corrected chi connectivity index (χ3v) is 3.82. The van der Waals surface area contributed by atoms with E-state index in [1.165, 1.54) is 0 Å². The van der Waals surface area contributed by atoms with Crippen LogP contribution in [0.15, 0.2) is 47.5 Å². The molecular weight excluding hydrogens is 309 g/mol. The van der Waals surface area contributed by atoms with Gasteiger partial charge >= 0.3 is 0 Å². The Kier molecular flexibility index (Phi) is 3.51. The Balaban J connectivity index is 2.09. The summed E-state index contributed by atoms with van der Waals surface area (Å²) >= 11 is 12.8. The van der Waals surface area contributed by atoms with Crippen LogP contribution in [0.1, 0.15) is 5.56 Å². The molecule has 21 heavy (non-hydrogen) atoms. The fourth-order valence-corrected chi connectivity index (χ4v) is 2.92. The topological polar surface area (TPSA) is 88.5 Å². The number of hydrazine groups is 1. The van der Waals surface area contributed by atoms with Gasteiger partial charge in [-0.25, -0.2) is 4.99 Å². The summed E-state index contributed by atoms with van der Waals surface area (Å²) < 4.78 is 0. The second kappa shape index (κ2) is 5.20. The van der Waals surface area contributed by atoms with Crippen molar-refractivity contribution in [3.8, 4) is 11.1 Å². The first-order chi connectivity index (χ1) is 9.99. The zero-order valence-corrected chi connectivity index (χ0v) is 12.4. The van der Waals surface area contributed by atoms with Gasteiger partial charge in [-0.15, -0.1) is 0 Å². The van der Waals surface area contributed by atoms with Gasteiger partial charge in [0, 0.05) is 11.1 Å². The molecule has 0 bridgehead atoms. The molecule has 0 fully saturated rings. The quantitative estimate of drug-likeness (QED) is 0.682. The third-order valence-electron chi connectivity index (χ3n) is 3.22. The van der Waals surface area contributed by atoms with Gasteiger partial charge in [0.05, 0.1) is 10.0 Å². The molecule has 7 heteroatoms. The van der Waals surface area contributed by atoms with Crippen molar-refractivity contribution in [2.45, 2.75) is 5.79 Å². The molecule has 2 aromatic rings. The highest BCUT2D eigenvalue weighted by Crippen LogP contribution is 2.37. The lowest BCUT2D eigenvalue weighted by molar-refractivity contribution is 0.375. The zero-order valence-electron chi connectivity index (χ0n) is 10.9. The Morgan fingerprint density at radius 1 is 1.05 bits per heavy atom. The Hall–Kier alpha value is -1.79. The molecule has 0 aromatic heterocycles. The minimum absolute atomic E-state index is 0.205. The molecule has 3 rings (SSSR count). The number of halogens is 2. The molecular formula is C14H13Cl2N5. The Morgan fingerprint density at radius 2 is 1.67 bits per heavy atom. The fraction of sp³-hybridized carbons (Fsp3) is 0.0714. The summed E-state index contributed by atoms with van der Waals surface area (Å²) in [5.41, 5.74) is 19.5. The second-order valence-electron chi connectivity index (χ2n) is 4.69. The fourth-order valence-electron chi connectivity index (χ4n) is 2.22. The molecule has 0 saturated heterocycles. The highest BCUT2D eigenvalue weighted by atomic mass is 35.5. The molecule has 0 saturated carbocycles. The average molecular weight is 322 g/mol. The number of nitrogens with one attached hydrogen (secondary N) is 2. The lowest BCUT2D eigenvalue weighted by atomic mass is 10.0. The van der Waals surface area contributed by atoms with Crippen molar-refractivity contribution in [3.63, 3.8) is 0 Å². The first-order valence-electron chi connectivity index (χ1n) is 6.22. The average Bonchev–Trinajstić information content (AvgIpc) is 2.80. The molecule has 0 radical (unpaired) electrons. The number of guanidine groups is 1. The van der Waals surface area contributed by atoms with E-state index in [1.807, 2.05) is 30.3 Å². The molecule has 108 valence electrons. The van der Waals surface area contributed by atoms with Crippen LogP contribution in [0.4, 0.5) is 0 Å². The summed E-state index contributed by atoms with van der Waals surface area (Å²) in [7, 11) is 0. The molecule has 0 aliphatic carbocycles. The van der Waals surface area contributed by atoms with E-state index in [-0.39, 0.29) is 5.96 Å².